The van der Waals surface area contributed by atoms with Gasteiger partial charge in [0.1, 0.15) is 6.10 Å². The summed E-state index contributed by atoms with van der Waals surface area (Å²) in [5, 5.41) is 10.6. The van der Waals surface area contributed by atoms with E-state index >= 15 is 0 Å². The van der Waals surface area contributed by atoms with Crippen molar-refractivity contribution in [3.63, 3.8) is 0 Å². The van der Waals surface area contributed by atoms with Crippen LogP contribution in [0.4, 0.5) is 5.69 Å². The van der Waals surface area contributed by atoms with Gasteiger partial charge in [-0.3, -0.25) is 10.1 Å². The van der Waals surface area contributed by atoms with Crippen molar-refractivity contribution >= 4 is 11.7 Å². The third-order valence-corrected chi connectivity index (χ3v) is 4.53. The van der Waals surface area contributed by atoms with Crippen LogP contribution < -0.4 is 0 Å². The number of hydrogen-bond donors (Lipinski definition) is 0. The molecule has 0 aliphatic heterocycles. The summed E-state index contributed by atoms with van der Waals surface area (Å²) in [5.74, 6) is 1.03. The molecular weight excluding hydrogens is 282 g/mol. The lowest BCUT2D eigenvalue weighted by molar-refractivity contribution is -0.384. The zero-order valence-electron chi connectivity index (χ0n) is 13.3. The standard InChI is InChI=1S/C17H23NO4/c1-11(2)15-9-4-12(3)10-16(15)22-17(19)13-5-7-14(8-6-13)18(20)21/h5-8,11-12,15-16H,4,9-10H2,1-3H3/t12-,15+,16-/m0/s1. The SMILES string of the molecule is CC(C)[C@H]1CC[C@H](C)C[C@@H]1OC(=O)c1ccc([N+](=O)[O-])cc1. The molecule has 1 aromatic carbocycles. The Morgan fingerprint density at radius 2 is 1.91 bits per heavy atom. The second-order valence-corrected chi connectivity index (χ2v) is 6.57. The number of non-ortho nitro benzene ring substituents is 1. The number of nitro groups is 1. The molecule has 0 spiro atoms. The van der Waals surface area contributed by atoms with Crippen LogP contribution in [0.3, 0.4) is 0 Å². The van der Waals surface area contributed by atoms with Crippen LogP contribution in [0.15, 0.2) is 24.3 Å². The molecule has 1 saturated carbocycles. The topological polar surface area (TPSA) is 69.4 Å². The Kier molecular flexibility index (Phi) is 5.16. The van der Waals surface area contributed by atoms with Crippen molar-refractivity contribution in [2.75, 3.05) is 0 Å². The Hall–Kier alpha value is -1.91. The van der Waals surface area contributed by atoms with Crippen molar-refractivity contribution < 1.29 is 14.5 Å². The molecule has 1 fully saturated rings. The highest BCUT2D eigenvalue weighted by atomic mass is 16.6. The Bertz CT molecular complexity index is 538. The predicted molar refractivity (Wildman–Crippen MR) is 83.6 cm³/mol. The van der Waals surface area contributed by atoms with Crippen LogP contribution in [0.5, 0.6) is 0 Å². The van der Waals surface area contributed by atoms with Gasteiger partial charge in [-0.2, -0.15) is 0 Å². The molecule has 0 amide bonds. The van der Waals surface area contributed by atoms with E-state index in [1.807, 2.05) is 0 Å². The molecule has 1 aliphatic carbocycles. The first-order valence-electron chi connectivity index (χ1n) is 7.84. The third-order valence-electron chi connectivity index (χ3n) is 4.53. The van der Waals surface area contributed by atoms with Crippen LogP contribution in [0, 0.1) is 27.9 Å². The van der Waals surface area contributed by atoms with Gasteiger partial charge in [-0.1, -0.05) is 27.2 Å². The zero-order valence-corrected chi connectivity index (χ0v) is 13.3. The number of esters is 1. The number of nitrogens with zero attached hydrogens (tertiary/aromatic N) is 1. The first-order chi connectivity index (χ1) is 10.4. The molecule has 3 atom stereocenters. The maximum absolute atomic E-state index is 12.3. The Labute approximate surface area is 130 Å². The molecule has 0 N–H and O–H groups in total. The summed E-state index contributed by atoms with van der Waals surface area (Å²) in [6, 6.07) is 5.58. The van der Waals surface area contributed by atoms with Gasteiger partial charge in [0.2, 0.25) is 0 Å². The molecule has 0 aromatic heterocycles. The summed E-state index contributed by atoms with van der Waals surface area (Å²) in [4.78, 5) is 22.4. The van der Waals surface area contributed by atoms with Crippen LogP contribution >= 0.6 is 0 Å². The smallest absolute Gasteiger partial charge is 0.338 e. The first-order valence-corrected chi connectivity index (χ1v) is 7.84. The maximum Gasteiger partial charge on any atom is 0.338 e. The second-order valence-electron chi connectivity index (χ2n) is 6.57. The fraction of sp³-hybridized carbons (Fsp3) is 0.588. The Balaban J connectivity index is 2.07. The van der Waals surface area contributed by atoms with E-state index in [0.29, 0.717) is 23.3 Å². The van der Waals surface area contributed by atoms with Gasteiger partial charge >= 0.3 is 5.97 Å². The number of carbonyl (C=O) groups excluding carboxylic acids is 1. The van der Waals surface area contributed by atoms with E-state index in [9.17, 15) is 14.9 Å². The van der Waals surface area contributed by atoms with Gasteiger partial charge in [-0.15, -0.1) is 0 Å². The van der Waals surface area contributed by atoms with Crippen molar-refractivity contribution in [3.8, 4) is 0 Å². The van der Waals surface area contributed by atoms with E-state index in [4.69, 9.17) is 4.74 Å². The molecule has 5 heteroatoms. The molecule has 0 heterocycles. The highest BCUT2D eigenvalue weighted by molar-refractivity contribution is 5.89. The summed E-state index contributed by atoms with van der Waals surface area (Å²) in [6.07, 6.45) is 3.08. The van der Waals surface area contributed by atoms with Crippen molar-refractivity contribution in [3.05, 3.63) is 39.9 Å². The first kappa shape index (κ1) is 16.5. The third kappa shape index (κ3) is 3.84. The van der Waals surface area contributed by atoms with Crippen molar-refractivity contribution in [2.45, 2.75) is 46.1 Å². The van der Waals surface area contributed by atoms with Crippen molar-refractivity contribution in [1.82, 2.24) is 0 Å². The van der Waals surface area contributed by atoms with Crippen molar-refractivity contribution in [2.24, 2.45) is 17.8 Å². The number of hydrogen-bond acceptors (Lipinski definition) is 4. The van der Waals surface area contributed by atoms with Crippen LogP contribution in [0.25, 0.3) is 0 Å². The number of ether oxygens (including phenoxy) is 1. The lowest BCUT2D eigenvalue weighted by Crippen LogP contribution is -2.35. The number of rotatable bonds is 4. The van der Waals surface area contributed by atoms with E-state index in [1.54, 1.807) is 0 Å². The van der Waals surface area contributed by atoms with Crippen LogP contribution in [0.1, 0.15) is 50.4 Å². The average molecular weight is 305 g/mol. The summed E-state index contributed by atoms with van der Waals surface area (Å²) < 4.78 is 5.71. The van der Waals surface area contributed by atoms with Crippen molar-refractivity contribution in [1.29, 1.82) is 0 Å². The minimum atomic E-state index is -0.479. The molecular formula is C17H23NO4. The van der Waals surface area contributed by atoms with Gasteiger partial charge in [0.25, 0.3) is 5.69 Å². The van der Waals surface area contributed by atoms with Gasteiger partial charge in [-0.05, 0) is 42.7 Å². The van der Waals surface area contributed by atoms with E-state index in [-0.39, 0.29) is 17.8 Å². The van der Waals surface area contributed by atoms with E-state index in [0.717, 1.165) is 12.8 Å². The van der Waals surface area contributed by atoms with Gasteiger partial charge in [0, 0.05) is 12.1 Å². The average Bonchev–Trinajstić information content (AvgIpc) is 2.47. The summed E-state index contributed by atoms with van der Waals surface area (Å²) in [7, 11) is 0. The van der Waals surface area contributed by atoms with E-state index < -0.39 is 4.92 Å². The molecule has 0 unspecified atom stereocenters. The fourth-order valence-corrected chi connectivity index (χ4v) is 3.17. The molecule has 1 aliphatic rings. The Morgan fingerprint density at radius 1 is 1.27 bits per heavy atom. The van der Waals surface area contributed by atoms with Crippen LogP contribution in [-0.4, -0.2) is 17.0 Å². The zero-order chi connectivity index (χ0) is 16.3. The summed E-state index contributed by atoms with van der Waals surface area (Å²) >= 11 is 0. The molecule has 5 nitrogen and oxygen atoms in total. The Morgan fingerprint density at radius 3 is 2.45 bits per heavy atom. The monoisotopic (exact) mass is 305 g/mol. The van der Waals surface area contributed by atoms with Crippen LogP contribution in [-0.2, 0) is 4.74 Å². The highest BCUT2D eigenvalue weighted by Crippen LogP contribution is 2.35. The second kappa shape index (κ2) is 6.90. The maximum atomic E-state index is 12.3. The molecule has 120 valence electrons. The van der Waals surface area contributed by atoms with Gasteiger partial charge < -0.3 is 4.74 Å². The molecule has 0 bridgehead atoms. The molecule has 2 rings (SSSR count). The minimum absolute atomic E-state index is 0.0251. The highest BCUT2D eigenvalue weighted by Gasteiger charge is 2.33. The van der Waals surface area contributed by atoms with E-state index in [1.165, 1.54) is 30.7 Å². The predicted octanol–water partition coefficient (Wildman–Crippen LogP) is 4.21. The summed E-state index contributed by atoms with van der Waals surface area (Å²) in [5.41, 5.74) is 0.342. The van der Waals surface area contributed by atoms with Gasteiger partial charge in [-0.25, -0.2) is 4.79 Å². The van der Waals surface area contributed by atoms with Gasteiger partial charge in [0.05, 0.1) is 10.5 Å². The number of carbonyl (C=O) groups is 1. The normalized spacial score (nSPS) is 25.0. The fourth-order valence-electron chi connectivity index (χ4n) is 3.17. The molecule has 1 aromatic rings. The quantitative estimate of drug-likeness (QED) is 0.474. The minimum Gasteiger partial charge on any atom is -0.458 e. The number of nitro benzene ring substituents is 1. The molecule has 22 heavy (non-hydrogen) atoms. The molecule has 0 radical (unpaired) electrons. The number of benzene rings is 1. The largest absolute Gasteiger partial charge is 0.458 e. The van der Waals surface area contributed by atoms with Crippen LogP contribution in [0.2, 0.25) is 0 Å². The lowest BCUT2D eigenvalue weighted by Gasteiger charge is -2.36. The van der Waals surface area contributed by atoms with E-state index in [2.05, 4.69) is 20.8 Å². The lowest BCUT2D eigenvalue weighted by atomic mass is 9.75. The summed E-state index contributed by atoms with van der Waals surface area (Å²) in [6.45, 7) is 6.50. The van der Waals surface area contributed by atoms with Gasteiger partial charge in [0.15, 0.2) is 0 Å². The molecule has 0 saturated heterocycles.